The molecule has 1 atom stereocenters. The Balaban J connectivity index is 1.82. The van der Waals surface area contributed by atoms with E-state index in [1.165, 1.54) is 11.8 Å². The van der Waals surface area contributed by atoms with Gasteiger partial charge in [0, 0.05) is 12.1 Å². The maximum atomic E-state index is 12.8. The summed E-state index contributed by atoms with van der Waals surface area (Å²) in [6.07, 6.45) is 2.01. The third kappa shape index (κ3) is 3.64. The molecule has 24 heavy (non-hydrogen) atoms. The first-order valence-corrected chi connectivity index (χ1v) is 9.39. The summed E-state index contributed by atoms with van der Waals surface area (Å²) in [6.45, 7) is 6.16. The van der Waals surface area contributed by atoms with Gasteiger partial charge in [0.25, 0.3) is 5.56 Å². The predicted molar refractivity (Wildman–Crippen MR) is 97.4 cm³/mol. The zero-order valence-electron chi connectivity index (χ0n) is 14.3. The first-order valence-electron chi connectivity index (χ1n) is 8.41. The summed E-state index contributed by atoms with van der Waals surface area (Å²) in [4.78, 5) is 29.5. The summed E-state index contributed by atoms with van der Waals surface area (Å²) >= 11 is 1.35. The van der Waals surface area contributed by atoms with Gasteiger partial charge in [-0.15, -0.1) is 0 Å². The third-order valence-corrected chi connectivity index (χ3v) is 5.36. The number of carbonyl (C=O) groups is 1. The Hall–Kier alpha value is -1.82. The van der Waals surface area contributed by atoms with Crippen LogP contribution in [0.1, 0.15) is 39.7 Å². The first kappa shape index (κ1) is 17.0. The molecule has 0 aliphatic heterocycles. The molecule has 1 saturated carbocycles. The Morgan fingerprint density at radius 2 is 2.04 bits per heavy atom. The Labute approximate surface area is 145 Å². The van der Waals surface area contributed by atoms with Crippen molar-refractivity contribution in [2.24, 2.45) is 5.92 Å². The van der Waals surface area contributed by atoms with Crippen LogP contribution in [0.2, 0.25) is 0 Å². The number of hydrogen-bond donors (Lipinski definition) is 1. The number of thioether (sulfide) groups is 1. The fraction of sp³-hybridized carbons (Fsp3) is 0.500. The van der Waals surface area contributed by atoms with E-state index in [2.05, 4.69) is 24.1 Å². The number of para-hydroxylation sites is 1. The molecule has 0 unspecified atom stereocenters. The molecule has 6 heteroatoms. The molecule has 1 aliphatic rings. The maximum absolute atomic E-state index is 12.8. The summed E-state index contributed by atoms with van der Waals surface area (Å²) in [6, 6.07) is 7.76. The Morgan fingerprint density at radius 1 is 1.33 bits per heavy atom. The number of rotatable bonds is 6. The van der Waals surface area contributed by atoms with Gasteiger partial charge in [0.05, 0.1) is 16.7 Å². The second-order valence-electron chi connectivity index (χ2n) is 6.71. The molecular weight excluding hydrogens is 322 g/mol. The van der Waals surface area contributed by atoms with Crippen molar-refractivity contribution in [2.75, 3.05) is 5.75 Å². The lowest BCUT2D eigenvalue weighted by molar-refractivity contribution is -0.119. The van der Waals surface area contributed by atoms with Crippen LogP contribution in [-0.2, 0) is 4.79 Å². The summed E-state index contributed by atoms with van der Waals surface area (Å²) < 4.78 is 1.77. The molecule has 0 saturated heterocycles. The normalized spacial score (nSPS) is 15.7. The second kappa shape index (κ2) is 6.97. The summed E-state index contributed by atoms with van der Waals surface area (Å²) in [7, 11) is 0. The van der Waals surface area contributed by atoms with Crippen LogP contribution in [-0.4, -0.2) is 27.3 Å². The van der Waals surface area contributed by atoms with Crippen LogP contribution >= 0.6 is 11.8 Å². The molecule has 0 spiro atoms. The minimum Gasteiger partial charge on any atom is -0.353 e. The van der Waals surface area contributed by atoms with E-state index < -0.39 is 0 Å². The number of aromatic nitrogens is 2. The molecule has 1 aromatic heterocycles. The lowest BCUT2D eigenvalue weighted by Crippen LogP contribution is -2.37. The molecule has 1 amide bonds. The van der Waals surface area contributed by atoms with Crippen molar-refractivity contribution in [1.82, 2.24) is 14.9 Å². The zero-order chi connectivity index (χ0) is 17.3. The Kier molecular flexibility index (Phi) is 4.94. The maximum Gasteiger partial charge on any atom is 0.262 e. The smallest absolute Gasteiger partial charge is 0.262 e. The van der Waals surface area contributed by atoms with Crippen molar-refractivity contribution < 1.29 is 4.79 Å². The third-order valence-electron chi connectivity index (χ3n) is 4.41. The largest absolute Gasteiger partial charge is 0.353 e. The number of hydrogen-bond acceptors (Lipinski definition) is 4. The SMILES string of the molecule is CC(C)[C@H](C)NC(=O)CSc1nc2ccccc2c(=O)n1C1CC1. The molecule has 1 fully saturated rings. The van der Waals surface area contributed by atoms with Gasteiger partial charge in [0.15, 0.2) is 5.16 Å². The topological polar surface area (TPSA) is 64.0 Å². The van der Waals surface area contributed by atoms with E-state index >= 15 is 0 Å². The minimum atomic E-state index is -0.0223. The standard InChI is InChI=1S/C18H23N3O2S/c1-11(2)12(3)19-16(22)10-24-18-20-15-7-5-4-6-14(15)17(23)21(18)13-8-9-13/h4-7,11-13H,8-10H2,1-3H3,(H,19,22)/t12-/m0/s1. The van der Waals surface area contributed by atoms with Gasteiger partial charge in [-0.05, 0) is 37.8 Å². The second-order valence-corrected chi connectivity index (χ2v) is 7.65. The van der Waals surface area contributed by atoms with Crippen molar-refractivity contribution in [3.05, 3.63) is 34.6 Å². The fourth-order valence-corrected chi connectivity index (χ4v) is 3.35. The van der Waals surface area contributed by atoms with Crippen LogP contribution < -0.4 is 10.9 Å². The van der Waals surface area contributed by atoms with Gasteiger partial charge in [-0.2, -0.15) is 0 Å². The predicted octanol–water partition coefficient (Wildman–Crippen LogP) is 2.98. The summed E-state index contributed by atoms with van der Waals surface area (Å²) in [5.41, 5.74) is 0.694. The van der Waals surface area contributed by atoms with Gasteiger partial charge in [-0.3, -0.25) is 14.2 Å². The fourth-order valence-electron chi connectivity index (χ4n) is 2.47. The van der Waals surface area contributed by atoms with E-state index in [1.54, 1.807) is 4.57 Å². The molecule has 2 aromatic rings. The van der Waals surface area contributed by atoms with Crippen molar-refractivity contribution >= 4 is 28.6 Å². The van der Waals surface area contributed by atoms with E-state index in [9.17, 15) is 9.59 Å². The number of carbonyl (C=O) groups excluding carboxylic acids is 1. The molecule has 1 heterocycles. The highest BCUT2D eigenvalue weighted by Gasteiger charge is 2.28. The van der Waals surface area contributed by atoms with Crippen LogP contribution in [0.5, 0.6) is 0 Å². The van der Waals surface area contributed by atoms with E-state index in [-0.39, 0.29) is 29.3 Å². The molecule has 1 aliphatic carbocycles. The molecule has 3 rings (SSSR count). The number of amides is 1. The zero-order valence-corrected chi connectivity index (χ0v) is 15.1. The first-order chi connectivity index (χ1) is 11.5. The average molecular weight is 345 g/mol. The quantitative estimate of drug-likeness (QED) is 0.646. The molecule has 5 nitrogen and oxygen atoms in total. The van der Waals surface area contributed by atoms with Crippen LogP contribution in [0.25, 0.3) is 10.9 Å². The van der Waals surface area contributed by atoms with Crippen LogP contribution in [0, 0.1) is 5.92 Å². The Morgan fingerprint density at radius 3 is 2.71 bits per heavy atom. The summed E-state index contributed by atoms with van der Waals surface area (Å²) in [5, 5.41) is 4.28. The molecule has 128 valence electrons. The van der Waals surface area contributed by atoms with E-state index in [4.69, 9.17) is 0 Å². The van der Waals surface area contributed by atoms with Crippen molar-refractivity contribution in [3.63, 3.8) is 0 Å². The lowest BCUT2D eigenvalue weighted by Gasteiger charge is -2.17. The van der Waals surface area contributed by atoms with Gasteiger partial charge < -0.3 is 5.32 Å². The van der Waals surface area contributed by atoms with Gasteiger partial charge in [0.2, 0.25) is 5.91 Å². The number of nitrogens with zero attached hydrogens (tertiary/aromatic N) is 2. The number of benzene rings is 1. The van der Waals surface area contributed by atoms with Crippen molar-refractivity contribution in [1.29, 1.82) is 0 Å². The Bertz CT molecular complexity index is 812. The molecule has 1 aromatic carbocycles. The van der Waals surface area contributed by atoms with Gasteiger partial charge >= 0.3 is 0 Å². The highest BCUT2D eigenvalue weighted by Crippen LogP contribution is 2.36. The molecule has 0 bridgehead atoms. The van der Waals surface area contributed by atoms with Crippen LogP contribution in [0.4, 0.5) is 0 Å². The summed E-state index contributed by atoms with van der Waals surface area (Å²) in [5.74, 6) is 0.641. The van der Waals surface area contributed by atoms with Crippen LogP contribution in [0.15, 0.2) is 34.2 Å². The van der Waals surface area contributed by atoms with Gasteiger partial charge in [-0.1, -0.05) is 37.7 Å². The average Bonchev–Trinajstić information content (AvgIpc) is 3.37. The molecule has 0 radical (unpaired) electrons. The number of fused-ring (bicyclic) bond motifs is 1. The van der Waals surface area contributed by atoms with Gasteiger partial charge in [-0.25, -0.2) is 4.98 Å². The van der Waals surface area contributed by atoms with E-state index in [0.717, 1.165) is 12.8 Å². The van der Waals surface area contributed by atoms with Crippen molar-refractivity contribution in [3.8, 4) is 0 Å². The highest BCUT2D eigenvalue weighted by atomic mass is 32.2. The van der Waals surface area contributed by atoms with Gasteiger partial charge in [0.1, 0.15) is 0 Å². The van der Waals surface area contributed by atoms with Crippen LogP contribution in [0.3, 0.4) is 0 Å². The highest BCUT2D eigenvalue weighted by molar-refractivity contribution is 7.99. The monoisotopic (exact) mass is 345 g/mol. The molecule has 1 N–H and O–H groups in total. The molecular formula is C18H23N3O2S. The number of nitrogens with one attached hydrogen (secondary N) is 1. The van der Waals surface area contributed by atoms with E-state index in [0.29, 0.717) is 22.0 Å². The minimum absolute atomic E-state index is 0.00144. The van der Waals surface area contributed by atoms with E-state index in [1.807, 2.05) is 31.2 Å². The lowest BCUT2D eigenvalue weighted by atomic mass is 10.1. The van der Waals surface area contributed by atoms with Crippen molar-refractivity contribution in [2.45, 2.75) is 50.9 Å².